The predicted molar refractivity (Wildman–Crippen MR) is 56.1 cm³/mol. The van der Waals surface area contributed by atoms with Crippen molar-refractivity contribution in [1.29, 1.82) is 0 Å². The molecule has 0 spiro atoms. The first kappa shape index (κ1) is 11.7. The van der Waals surface area contributed by atoms with Crippen molar-refractivity contribution in [3.05, 3.63) is 0 Å². The third-order valence-electron chi connectivity index (χ3n) is 3.46. The Morgan fingerprint density at radius 1 is 1.43 bits per heavy atom. The van der Waals surface area contributed by atoms with Gasteiger partial charge in [-0.05, 0) is 45.2 Å². The molecule has 82 valence electrons. The van der Waals surface area contributed by atoms with Gasteiger partial charge in [0.15, 0.2) is 0 Å². The molecule has 3 nitrogen and oxygen atoms in total. The van der Waals surface area contributed by atoms with Crippen molar-refractivity contribution in [2.24, 2.45) is 5.41 Å². The number of aliphatic hydroxyl groups excluding tert-OH is 1. The minimum atomic E-state index is -0.350. The average molecular weight is 199 g/mol. The number of aldehydes is 1. The molecule has 1 aliphatic heterocycles. The number of rotatable bonds is 3. The summed E-state index contributed by atoms with van der Waals surface area (Å²) in [6.45, 7) is 8.06. The molecule has 0 atom stereocenters. The molecule has 0 unspecified atom stereocenters. The van der Waals surface area contributed by atoms with Crippen LogP contribution < -0.4 is 0 Å². The Hall–Kier alpha value is -0.410. The summed E-state index contributed by atoms with van der Waals surface area (Å²) < 4.78 is 0. The largest absolute Gasteiger partial charge is 0.396 e. The Morgan fingerprint density at radius 3 is 2.29 bits per heavy atom. The molecule has 0 aromatic rings. The molecule has 1 heterocycles. The molecule has 0 aromatic carbocycles. The van der Waals surface area contributed by atoms with Crippen molar-refractivity contribution in [1.82, 2.24) is 4.90 Å². The van der Waals surface area contributed by atoms with E-state index in [9.17, 15) is 9.90 Å². The van der Waals surface area contributed by atoms with Crippen molar-refractivity contribution < 1.29 is 9.90 Å². The number of hydrogen-bond donors (Lipinski definition) is 1. The zero-order valence-electron chi connectivity index (χ0n) is 9.42. The average Bonchev–Trinajstić information content (AvgIpc) is 2.19. The summed E-state index contributed by atoms with van der Waals surface area (Å²) in [5, 5.41) is 9.21. The Labute approximate surface area is 86.1 Å². The van der Waals surface area contributed by atoms with Crippen LogP contribution in [0.2, 0.25) is 0 Å². The van der Waals surface area contributed by atoms with Gasteiger partial charge in [-0.2, -0.15) is 0 Å². The highest BCUT2D eigenvalue weighted by molar-refractivity contribution is 5.62. The van der Waals surface area contributed by atoms with Gasteiger partial charge < -0.3 is 9.90 Å². The number of carbonyl (C=O) groups is 1. The summed E-state index contributed by atoms with van der Waals surface area (Å²) >= 11 is 0. The zero-order valence-corrected chi connectivity index (χ0v) is 9.42. The summed E-state index contributed by atoms with van der Waals surface area (Å²) in [6.07, 6.45) is 2.95. The maximum absolute atomic E-state index is 10.9. The van der Waals surface area contributed by atoms with E-state index in [4.69, 9.17) is 0 Å². The monoisotopic (exact) mass is 199 g/mol. The molecule has 0 amide bonds. The third kappa shape index (κ3) is 2.34. The topological polar surface area (TPSA) is 40.5 Å². The molecule has 1 rings (SSSR count). The van der Waals surface area contributed by atoms with Crippen molar-refractivity contribution in [3.8, 4) is 0 Å². The summed E-state index contributed by atoms with van der Waals surface area (Å²) in [6, 6.07) is 0. The van der Waals surface area contributed by atoms with E-state index >= 15 is 0 Å². The van der Waals surface area contributed by atoms with Crippen LogP contribution in [0.3, 0.4) is 0 Å². The molecule has 0 aliphatic carbocycles. The third-order valence-corrected chi connectivity index (χ3v) is 3.46. The molecular formula is C11H21NO2. The second kappa shape index (κ2) is 3.99. The lowest BCUT2D eigenvalue weighted by Crippen LogP contribution is -2.51. The van der Waals surface area contributed by atoms with Gasteiger partial charge >= 0.3 is 0 Å². The molecule has 0 saturated carbocycles. The summed E-state index contributed by atoms with van der Waals surface area (Å²) in [4.78, 5) is 13.1. The van der Waals surface area contributed by atoms with Crippen LogP contribution in [0.5, 0.6) is 0 Å². The van der Waals surface area contributed by atoms with E-state index in [1.165, 1.54) is 0 Å². The molecule has 1 N–H and O–H groups in total. The van der Waals surface area contributed by atoms with Gasteiger partial charge in [-0.25, -0.2) is 0 Å². The normalized spacial score (nSPS) is 23.4. The van der Waals surface area contributed by atoms with Gasteiger partial charge in [-0.1, -0.05) is 6.92 Å². The summed E-state index contributed by atoms with van der Waals surface area (Å²) in [5.74, 6) is 0. The number of nitrogens with zero attached hydrogens (tertiary/aromatic N) is 1. The minimum Gasteiger partial charge on any atom is -0.396 e. The number of aliphatic hydroxyl groups is 1. The van der Waals surface area contributed by atoms with E-state index in [0.29, 0.717) is 0 Å². The van der Waals surface area contributed by atoms with E-state index in [2.05, 4.69) is 11.8 Å². The highest BCUT2D eigenvalue weighted by Gasteiger charge is 2.35. The van der Waals surface area contributed by atoms with Crippen LogP contribution in [0.25, 0.3) is 0 Å². The van der Waals surface area contributed by atoms with Gasteiger partial charge in [0.1, 0.15) is 6.29 Å². The predicted octanol–water partition coefficient (Wildman–Crippen LogP) is 1.06. The Morgan fingerprint density at radius 2 is 1.93 bits per heavy atom. The maximum atomic E-state index is 10.9. The lowest BCUT2D eigenvalue weighted by molar-refractivity contribution is -0.118. The summed E-state index contributed by atoms with van der Waals surface area (Å²) in [7, 11) is 0. The lowest BCUT2D eigenvalue weighted by Gasteiger charge is -2.43. The molecule has 14 heavy (non-hydrogen) atoms. The van der Waals surface area contributed by atoms with Crippen LogP contribution in [-0.4, -0.2) is 41.5 Å². The molecule has 0 radical (unpaired) electrons. The molecule has 1 aliphatic rings. The fourth-order valence-electron chi connectivity index (χ4n) is 1.86. The highest BCUT2D eigenvalue weighted by Crippen LogP contribution is 2.32. The maximum Gasteiger partial charge on any atom is 0.139 e. The standard InChI is InChI=1S/C11H21NO2/c1-10(2,8-13)12-6-4-11(3,9-14)5-7-12/h8,14H,4-7,9H2,1-3H3. The first-order chi connectivity index (χ1) is 6.43. The molecular weight excluding hydrogens is 178 g/mol. The van der Waals surface area contributed by atoms with Gasteiger partial charge in [0, 0.05) is 6.61 Å². The van der Waals surface area contributed by atoms with E-state index in [1.54, 1.807) is 0 Å². The zero-order chi connectivity index (χ0) is 10.8. The smallest absolute Gasteiger partial charge is 0.139 e. The number of hydrogen-bond acceptors (Lipinski definition) is 3. The van der Waals surface area contributed by atoms with Crippen molar-refractivity contribution in [2.45, 2.75) is 39.2 Å². The molecule has 0 aromatic heterocycles. The van der Waals surface area contributed by atoms with E-state index in [-0.39, 0.29) is 17.6 Å². The van der Waals surface area contributed by atoms with Crippen LogP contribution in [-0.2, 0) is 4.79 Å². The fourth-order valence-corrected chi connectivity index (χ4v) is 1.86. The lowest BCUT2D eigenvalue weighted by atomic mass is 9.80. The van der Waals surface area contributed by atoms with E-state index < -0.39 is 0 Å². The van der Waals surface area contributed by atoms with Crippen LogP contribution in [0, 0.1) is 5.41 Å². The number of carbonyl (C=O) groups excluding carboxylic acids is 1. The van der Waals surface area contributed by atoms with Crippen LogP contribution in [0.15, 0.2) is 0 Å². The number of piperidine rings is 1. The summed E-state index contributed by atoms with van der Waals surface area (Å²) in [5.41, 5.74) is -0.285. The van der Waals surface area contributed by atoms with E-state index in [1.807, 2.05) is 13.8 Å². The second-order valence-corrected chi connectivity index (χ2v) is 5.23. The van der Waals surface area contributed by atoms with Crippen molar-refractivity contribution in [2.75, 3.05) is 19.7 Å². The number of likely N-dealkylation sites (tertiary alicyclic amines) is 1. The van der Waals surface area contributed by atoms with Crippen LogP contribution in [0.1, 0.15) is 33.6 Å². The van der Waals surface area contributed by atoms with Crippen molar-refractivity contribution in [3.63, 3.8) is 0 Å². The van der Waals surface area contributed by atoms with Gasteiger partial charge in [0.05, 0.1) is 5.54 Å². The van der Waals surface area contributed by atoms with Crippen molar-refractivity contribution >= 4 is 6.29 Å². The quantitative estimate of drug-likeness (QED) is 0.691. The Kier molecular flexibility index (Phi) is 3.32. The van der Waals surface area contributed by atoms with Gasteiger partial charge in [0.2, 0.25) is 0 Å². The minimum absolute atomic E-state index is 0.0649. The Balaban J connectivity index is 2.55. The fraction of sp³-hybridized carbons (Fsp3) is 0.909. The van der Waals surface area contributed by atoms with E-state index in [0.717, 1.165) is 32.2 Å². The SMILES string of the molecule is CC1(CO)CCN(C(C)(C)C=O)CC1. The first-order valence-corrected chi connectivity index (χ1v) is 5.26. The second-order valence-electron chi connectivity index (χ2n) is 5.23. The van der Waals surface area contributed by atoms with Gasteiger partial charge in [-0.3, -0.25) is 4.90 Å². The van der Waals surface area contributed by atoms with Gasteiger partial charge in [-0.15, -0.1) is 0 Å². The molecule has 1 fully saturated rings. The molecule has 3 heteroatoms. The highest BCUT2D eigenvalue weighted by atomic mass is 16.3. The Bertz CT molecular complexity index is 205. The molecule has 0 bridgehead atoms. The molecule has 1 saturated heterocycles. The van der Waals surface area contributed by atoms with Crippen LogP contribution >= 0.6 is 0 Å². The van der Waals surface area contributed by atoms with Gasteiger partial charge in [0.25, 0.3) is 0 Å². The first-order valence-electron chi connectivity index (χ1n) is 5.26. The van der Waals surface area contributed by atoms with Crippen LogP contribution in [0.4, 0.5) is 0 Å².